The zero-order valence-electron chi connectivity index (χ0n) is 22.1. The van der Waals surface area contributed by atoms with E-state index >= 15 is 0 Å². The van der Waals surface area contributed by atoms with Crippen molar-refractivity contribution in [3.05, 3.63) is 65.9 Å². The summed E-state index contributed by atoms with van der Waals surface area (Å²) in [5.74, 6) is -1.11. The summed E-state index contributed by atoms with van der Waals surface area (Å²) in [5, 5.41) is 11.4. The van der Waals surface area contributed by atoms with Crippen LogP contribution in [-0.4, -0.2) is 60.1 Å². The third kappa shape index (κ3) is 5.82. The number of likely N-dealkylation sites (tertiary alicyclic amines) is 1. The Morgan fingerprint density at radius 3 is 2.38 bits per heavy atom. The standard InChI is InChI=1S/C30H38N2O5/c1-4-6-16-31(17-7-5-2)27(33)20-32-19-25(23-9-8-10-26-24(23)15-18-37-26)28(30(34)35)29(32)21-11-13-22(36-3)14-12-21/h8-15,18,25,28-29H,4-7,16-17,19-20H2,1-3H3,(H,34,35)/t25-,28-,29+/m1/s1. The summed E-state index contributed by atoms with van der Waals surface area (Å²) in [6.07, 6.45) is 5.60. The number of hydrogen-bond donors (Lipinski definition) is 1. The lowest BCUT2D eigenvalue weighted by molar-refractivity contribution is -0.144. The van der Waals surface area contributed by atoms with Crippen LogP contribution in [0.25, 0.3) is 11.0 Å². The topological polar surface area (TPSA) is 83.2 Å². The lowest BCUT2D eigenvalue weighted by Gasteiger charge is -2.30. The van der Waals surface area contributed by atoms with Gasteiger partial charge >= 0.3 is 5.97 Å². The van der Waals surface area contributed by atoms with Crippen molar-refractivity contribution >= 4 is 22.8 Å². The van der Waals surface area contributed by atoms with Crippen molar-refractivity contribution in [3.8, 4) is 5.75 Å². The number of hydrogen-bond acceptors (Lipinski definition) is 5. The first kappa shape index (κ1) is 26.7. The van der Waals surface area contributed by atoms with Gasteiger partial charge in [-0.05, 0) is 48.2 Å². The number of carboxylic acids is 1. The number of ether oxygens (including phenoxy) is 1. The Kier molecular flexibility index (Phi) is 8.87. The number of benzene rings is 2. The molecule has 1 aliphatic heterocycles. The van der Waals surface area contributed by atoms with Crippen LogP contribution in [0, 0.1) is 5.92 Å². The number of methoxy groups -OCH3 is 1. The molecule has 0 bridgehead atoms. The van der Waals surface area contributed by atoms with Crippen molar-refractivity contribution in [1.29, 1.82) is 0 Å². The Morgan fingerprint density at radius 1 is 1.05 bits per heavy atom. The average molecular weight is 507 g/mol. The second-order valence-electron chi connectivity index (χ2n) is 9.89. The predicted octanol–water partition coefficient (Wildman–Crippen LogP) is 5.71. The van der Waals surface area contributed by atoms with Crippen molar-refractivity contribution in [1.82, 2.24) is 9.80 Å². The van der Waals surface area contributed by atoms with Crippen LogP contribution < -0.4 is 4.74 Å². The highest BCUT2D eigenvalue weighted by Crippen LogP contribution is 2.47. The number of aliphatic carboxylic acids is 1. The molecule has 1 aromatic heterocycles. The highest BCUT2D eigenvalue weighted by atomic mass is 16.5. The molecule has 2 aromatic carbocycles. The third-order valence-corrected chi connectivity index (χ3v) is 7.52. The SMILES string of the molecule is CCCCN(CCCC)C(=O)CN1C[C@H](c2cccc3occc23)[C@@H](C(=O)O)[C@@H]1c1ccc(OC)cc1. The van der Waals surface area contributed by atoms with Crippen molar-refractivity contribution < 1.29 is 23.8 Å². The van der Waals surface area contributed by atoms with Crippen molar-refractivity contribution in [3.63, 3.8) is 0 Å². The second kappa shape index (κ2) is 12.3. The van der Waals surface area contributed by atoms with Crippen LogP contribution in [0.4, 0.5) is 0 Å². The number of carboxylic acid groups (broad SMARTS) is 1. The minimum atomic E-state index is -0.866. The van der Waals surface area contributed by atoms with Crippen LogP contribution >= 0.6 is 0 Å². The van der Waals surface area contributed by atoms with E-state index in [2.05, 4.69) is 18.7 Å². The zero-order chi connectivity index (χ0) is 26.4. The quantitative estimate of drug-likeness (QED) is 0.339. The smallest absolute Gasteiger partial charge is 0.309 e. The van der Waals surface area contributed by atoms with Gasteiger partial charge in [0, 0.05) is 37.0 Å². The molecule has 0 aliphatic carbocycles. The molecule has 1 aliphatic rings. The number of fused-ring (bicyclic) bond motifs is 1. The maximum absolute atomic E-state index is 13.6. The number of amides is 1. The van der Waals surface area contributed by atoms with E-state index in [9.17, 15) is 14.7 Å². The van der Waals surface area contributed by atoms with Gasteiger partial charge in [0.05, 0.1) is 25.8 Å². The molecular weight excluding hydrogens is 468 g/mol. The first-order chi connectivity index (χ1) is 18.0. The van der Waals surface area contributed by atoms with Gasteiger partial charge in [-0.2, -0.15) is 0 Å². The average Bonchev–Trinajstić information content (AvgIpc) is 3.53. The fourth-order valence-electron chi connectivity index (χ4n) is 5.58. The van der Waals surface area contributed by atoms with Gasteiger partial charge in [-0.15, -0.1) is 0 Å². The minimum absolute atomic E-state index is 0.0618. The van der Waals surface area contributed by atoms with Crippen molar-refractivity contribution in [2.24, 2.45) is 5.92 Å². The lowest BCUT2D eigenvalue weighted by atomic mass is 9.82. The molecule has 1 amide bonds. The first-order valence-corrected chi connectivity index (χ1v) is 13.3. The summed E-state index contributed by atoms with van der Waals surface area (Å²) in [6.45, 7) is 6.38. The largest absolute Gasteiger partial charge is 0.497 e. The van der Waals surface area contributed by atoms with Gasteiger partial charge in [0.1, 0.15) is 11.3 Å². The van der Waals surface area contributed by atoms with Crippen LogP contribution in [0.2, 0.25) is 0 Å². The maximum atomic E-state index is 13.6. The Labute approximate surface area is 219 Å². The summed E-state index contributed by atoms with van der Waals surface area (Å²) < 4.78 is 10.9. The molecule has 0 unspecified atom stereocenters. The van der Waals surface area contributed by atoms with E-state index in [0.29, 0.717) is 12.3 Å². The monoisotopic (exact) mass is 506 g/mol. The molecule has 37 heavy (non-hydrogen) atoms. The summed E-state index contributed by atoms with van der Waals surface area (Å²) in [4.78, 5) is 30.4. The molecule has 0 saturated carbocycles. The molecule has 4 rings (SSSR count). The Balaban J connectivity index is 1.72. The van der Waals surface area contributed by atoms with Crippen molar-refractivity contribution in [2.45, 2.75) is 51.5 Å². The van der Waals surface area contributed by atoms with Crippen molar-refractivity contribution in [2.75, 3.05) is 33.3 Å². The van der Waals surface area contributed by atoms with Crippen LogP contribution in [0.1, 0.15) is 62.6 Å². The molecule has 198 valence electrons. The number of carbonyl (C=O) groups is 2. The molecule has 7 nitrogen and oxygen atoms in total. The Morgan fingerprint density at radius 2 is 1.76 bits per heavy atom. The van der Waals surface area contributed by atoms with E-state index in [1.165, 1.54) is 0 Å². The molecule has 0 radical (unpaired) electrons. The van der Waals surface area contributed by atoms with Gasteiger partial charge in [0.2, 0.25) is 5.91 Å². The highest BCUT2D eigenvalue weighted by Gasteiger charge is 2.48. The van der Waals surface area contributed by atoms with Crippen LogP contribution in [0.5, 0.6) is 5.75 Å². The van der Waals surface area contributed by atoms with Gasteiger partial charge in [-0.3, -0.25) is 14.5 Å². The summed E-state index contributed by atoms with van der Waals surface area (Å²) in [5.41, 5.74) is 2.56. The van der Waals surface area contributed by atoms with Gasteiger partial charge in [-0.25, -0.2) is 0 Å². The molecule has 1 N–H and O–H groups in total. The van der Waals surface area contributed by atoms with Gasteiger partial charge in [0.25, 0.3) is 0 Å². The molecule has 3 atom stereocenters. The fraction of sp³-hybridized carbons (Fsp3) is 0.467. The molecule has 1 saturated heterocycles. The Hall–Kier alpha value is -3.32. The highest BCUT2D eigenvalue weighted by molar-refractivity contribution is 5.84. The predicted molar refractivity (Wildman–Crippen MR) is 144 cm³/mol. The molecule has 1 fully saturated rings. The van der Waals surface area contributed by atoms with Gasteiger partial charge < -0.3 is 19.2 Å². The van der Waals surface area contributed by atoms with E-state index in [1.54, 1.807) is 13.4 Å². The van der Waals surface area contributed by atoms with Gasteiger partial charge in [-0.1, -0.05) is 51.0 Å². The van der Waals surface area contributed by atoms with Crippen LogP contribution in [0.15, 0.2) is 59.2 Å². The third-order valence-electron chi connectivity index (χ3n) is 7.52. The maximum Gasteiger partial charge on any atom is 0.309 e. The molecule has 3 aromatic rings. The van der Waals surface area contributed by atoms with Crippen LogP contribution in [0.3, 0.4) is 0 Å². The van der Waals surface area contributed by atoms with E-state index in [-0.39, 0.29) is 18.4 Å². The minimum Gasteiger partial charge on any atom is -0.497 e. The molecule has 2 heterocycles. The van der Waals surface area contributed by atoms with Crippen LogP contribution in [-0.2, 0) is 9.59 Å². The first-order valence-electron chi connectivity index (χ1n) is 13.3. The summed E-state index contributed by atoms with van der Waals surface area (Å²) >= 11 is 0. The number of furan rings is 1. The summed E-state index contributed by atoms with van der Waals surface area (Å²) in [7, 11) is 1.61. The second-order valence-corrected chi connectivity index (χ2v) is 9.89. The number of carbonyl (C=O) groups excluding carboxylic acids is 1. The van der Waals surface area contributed by atoms with Gasteiger partial charge in [0.15, 0.2) is 0 Å². The number of rotatable bonds is 12. The summed E-state index contributed by atoms with van der Waals surface area (Å²) in [6, 6.07) is 14.8. The normalized spacial score (nSPS) is 19.8. The van der Waals surface area contributed by atoms with E-state index in [0.717, 1.165) is 60.9 Å². The lowest BCUT2D eigenvalue weighted by Crippen LogP contribution is -2.42. The molecular formula is C30H38N2O5. The van der Waals surface area contributed by atoms with E-state index in [1.807, 2.05) is 53.4 Å². The van der Waals surface area contributed by atoms with E-state index < -0.39 is 17.9 Å². The number of unbranched alkanes of at least 4 members (excludes halogenated alkanes) is 2. The van der Waals surface area contributed by atoms with E-state index in [4.69, 9.17) is 9.15 Å². The Bertz CT molecular complexity index is 1180. The zero-order valence-corrected chi connectivity index (χ0v) is 22.1. The molecule has 7 heteroatoms. The number of nitrogens with zero attached hydrogens (tertiary/aromatic N) is 2. The fourth-order valence-corrected chi connectivity index (χ4v) is 5.58. The molecule has 0 spiro atoms.